The van der Waals surface area contributed by atoms with Gasteiger partial charge < -0.3 is 5.32 Å². The molecule has 0 saturated heterocycles. The molecule has 88 valence electrons. The third kappa shape index (κ3) is 4.80. The van der Waals surface area contributed by atoms with Crippen LogP contribution in [0.3, 0.4) is 0 Å². The van der Waals surface area contributed by atoms with E-state index in [-0.39, 0.29) is 0 Å². The van der Waals surface area contributed by atoms with Gasteiger partial charge in [0.25, 0.3) is 0 Å². The first-order valence-corrected chi connectivity index (χ1v) is 6.36. The Balaban J connectivity index is 2.42. The number of terminal acetylenes is 1. The average molecular weight is 236 g/mol. The van der Waals surface area contributed by atoms with Gasteiger partial charge in [-0.15, -0.1) is 17.8 Å². The van der Waals surface area contributed by atoms with Gasteiger partial charge in [-0.1, -0.05) is 19.8 Å². The minimum Gasteiger partial charge on any atom is -0.310 e. The number of nitrogens with zero attached hydrogens (tertiary/aromatic N) is 1. The van der Waals surface area contributed by atoms with Gasteiger partial charge in [-0.25, -0.2) is 0 Å². The van der Waals surface area contributed by atoms with Crippen LogP contribution in [-0.2, 0) is 13.1 Å². The van der Waals surface area contributed by atoms with Crippen molar-refractivity contribution in [2.75, 3.05) is 13.6 Å². The smallest absolute Gasteiger partial charge is 0.0599 e. The highest BCUT2D eigenvalue weighted by atomic mass is 32.1. The number of nitrogens with one attached hydrogen (secondary N) is 1. The summed E-state index contributed by atoms with van der Waals surface area (Å²) in [5.74, 6) is 2.65. The first kappa shape index (κ1) is 13.2. The Morgan fingerprint density at radius 3 is 2.75 bits per heavy atom. The Bertz CT molecular complexity index is 349. The molecule has 1 aromatic heterocycles. The van der Waals surface area contributed by atoms with Crippen molar-refractivity contribution in [2.45, 2.75) is 33.0 Å². The SMILES string of the molecule is C#CCN(C)Cc1ccc(CNC(C)C)s1. The Morgan fingerprint density at radius 2 is 2.12 bits per heavy atom. The lowest BCUT2D eigenvalue weighted by Gasteiger charge is -2.11. The summed E-state index contributed by atoms with van der Waals surface area (Å²) in [6, 6.07) is 4.92. The molecule has 0 aliphatic heterocycles. The van der Waals surface area contributed by atoms with Gasteiger partial charge in [0.2, 0.25) is 0 Å². The summed E-state index contributed by atoms with van der Waals surface area (Å²) in [5, 5.41) is 3.42. The summed E-state index contributed by atoms with van der Waals surface area (Å²) >= 11 is 1.86. The van der Waals surface area contributed by atoms with Crippen molar-refractivity contribution in [2.24, 2.45) is 0 Å². The maximum atomic E-state index is 5.27. The quantitative estimate of drug-likeness (QED) is 0.763. The maximum absolute atomic E-state index is 5.27. The molecule has 0 aliphatic rings. The molecule has 0 unspecified atom stereocenters. The average Bonchev–Trinajstić information content (AvgIpc) is 2.63. The fourth-order valence-electron chi connectivity index (χ4n) is 1.38. The third-order valence-electron chi connectivity index (χ3n) is 2.19. The summed E-state index contributed by atoms with van der Waals surface area (Å²) in [4.78, 5) is 4.90. The van der Waals surface area contributed by atoms with E-state index in [4.69, 9.17) is 6.42 Å². The zero-order chi connectivity index (χ0) is 12.0. The standard InChI is InChI=1S/C13H20N2S/c1-5-8-15(4)10-13-7-6-12(16-13)9-14-11(2)3/h1,6-7,11,14H,8-10H2,2-4H3. The minimum absolute atomic E-state index is 0.537. The highest BCUT2D eigenvalue weighted by Gasteiger charge is 2.03. The number of hydrogen-bond acceptors (Lipinski definition) is 3. The van der Waals surface area contributed by atoms with Crippen LogP contribution in [0.2, 0.25) is 0 Å². The number of rotatable bonds is 6. The van der Waals surface area contributed by atoms with E-state index >= 15 is 0 Å². The molecule has 1 heterocycles. The topological polar surface area (TPSA) is 15.3 Å². The molecule has 0 bridgehead atoms. The second-order valence-electron chi connectivity index (χ2n) is 4.28. The van der Waals surface area contributed by atoms with Crippen molar-refractivity contribution in [3.63, 3.8) is 0 Å². The van der Waals surface area contributed by atoms with Crippen molar-refractivity contribution in [3.05, 3.63) is 21.9 Å². The van der Waals surface area contributed by atoms with Crippen LogP contribution >= 0.6 is 11.3 Å². The minimum atomic E-state index is 0.537. The van der Waals surface area contributed by atoms with Crippen LogP contribution in [0.1, 0.15) is 23.6 Å². The van der Waals surface area contributed by atoms with Crippen molar-refractivity contribution in [3.8, 4) is 12.3 Å². The lowest BCUT2D eigenvalue weighted by Crippen LogP contribution is -2.21. The molecule has 0 aromatic carbocycles. The molecular weight excluding hydrogens is 216 g/mol. The molecule has 1 N–H and O–H groups in total. The van der Waals surface area contributed by atoms with Crippen LogP contribution in [0.5, 0.6) is 0 Å². The van der Waals surface area contributed by atoms with Crippen LogP contribution in [-0.4, -0.2) is 24.5 Å². The van der Waals surface area contributed by atoms with Crippen molar-refractivity contribution >= 4 is 11.3 Å². The fraction of sp³-hybridized carbons (Fsp3) is 0.538. The lowest BCUT2D eigenvalue weighted by atomic mass is 10.3. The van der Waals surface area contributed by atoms with Crippen LogP contribution in [0.15, 0.2) is 12.1 Å². The van der Waals surface area contributed by atoms with Gasteiger partial charge in [0.1, 0.15) is 0 Å². The normalized spacial score (nSPS) is 11.0. The Morgan fingerprint density at radius 1 is 1.44 bits per heavy atom. The predicted molar refractivity (Wildman–Crippen MR) is 71.5 cm³/mol. The molecule has 1 rings (SSSR count). The van der Waals surface area contributed by atoms with E-state index in [2.05, 4.69) is 42.1 Å². The van der Waals surface area contributed by atoms with Gasteiger partial charge in [-0.05, 0) is 19.2 Å². The Hall–Kier alpha value is -0.820. The summed E-state index contributed by atoms with van der Waals surface area (Å²) in [6.07, 6.45) is 5.27. The molecule has 0 amide bonds. The van der Waals surface area contributed by atoms with E-state index in [1.807, 2.05) is 18.4 Å². The largest absolute Gasteiger partial charge is 0.310 e. The molecule has 3 heteroatoms. The Labute approximate surface area is 103 Å². The van der Waals surface area contributed by atoms with Gasteiger partial charge in [-0.3, -0.25) is 4.90 Å². The highest BCUT2D eigenvalue weighted by molar-refractivity contribution is 7.11. The molecule has 0 radical (unpaired) electrons. The second kappa shape index (κ2) is 6.70. The van der Waals surface area contributed by atoms with E-state index in [1.165, 1.54) is 9.75 Å². The van der Waals surface area contributed by atoms with Gasteiger partial charge in [0.15, 0.2) is 0 Å². The van der Waals surface area contributed by atoms with E-state index in [0.717, 1.165) is 13.1 Å². The van der Waals surface area contributed by atoms with E-state index in [0.29, 0.717) is 12.6 Å². The van der Waals surface area contributed by atoms with Crippen LogP contribution in [0.25, 0.3) is 0 Å². The summed E-state index contributed by atoms with van der Waals surface area (Å²) in [7, 11) is 2.05. The van der Waals surface area contributed by atoms with E-state index < -0.39 is 0 Å². The summed E-state index contributed by atoms with van der Waals surface area (Å²) in [6.45, 7) is 6.93. The van der Waals surface area contributed by atoms with Crippen molar-refractivity contribution in [1.82, 2.24) is 10.2 Å². The van der Waals surface area contributed by atoms with Crippen LogP contribution < -0.4 is 5.32 Å². The summed E-state index contributed by atoms with van der Waals surface area (Å²) in [5.41, 5.74) is 0. The Kier molecular flexibility index (Phi) is 5.54. The van der Waals surface area contributed by atoms with Crippen molar-refractivity contribution in [1.29, 1.82) is 0 Å². The highest BCUT2D eigenvalue weighted by Crippen LogP contribution is 2.17. The van der Waals surface area contributed by atoms with Gasteiger partial charge in [0.05, 0.1) is 6.54 Å². The first-order chi connectivity index (χ1) is 7.61. The monoisotopic (exact) mass is 236 g/mol. The van der Waals surface area contributed by atoms with E-state index in [9.17, 15) is 0 Å². The van der Waals surface area contributed by atoms with Crippen molar-refractivity contribution < 1.29 is 0 Å². The number of thiophene rings is 1. The molecule has 1 aromatic rings. The third-order valence-corrected chi connectivity index (χ3v) is 3.26. The fourth-order valence-corrected chi connectivity index (χ4v) is 2.43. The zero-order valence-electron chi connectivity index (χ0n) is 10.3. The molecule has 0 fully saturated rings. The van der Waals surface area contributed by atoms with Gasteiger partial charge in [-0.2, -0.15) is 0 Å². The van der Waals surface area contributed by atoms with Gasteiger partial charge >= 0.3 is 0 Å². The molecule has 2 nitrogen and oxygen atoms in total. The first-order valence-electron chi connectivity index (χ1n) is 5.54. The van der Waals surface area contributed by atoms with Crippen LogP contribution in [0, 0.1) is 12.3 Å². The lowest BCUT2D eigenvalue weighted by molar-refractivity contribution is 0.372. The van der Waals surface area contributed by atoms with Crippen LogP contribution in [0.4, 0.5) is 0 Å². The second-order valence-corrected chi connectivity index (χ2v) is 5.53. The molecular formula is C13H20N2S. The van der Waals surface area contributed by atoms with Gasteiger partial charge in [0, 0.05) is 28.9 Å². The molecule has 0 aliphatic carbocycles. The zero-order valence-corrected chi connectivity index (χ0v) is 11.1. The molecule has 0 atom stereocenters. The molecule has 0 saturated carbocycles. The number of hydrogen-bond donors (Lipinski definition) is 1. The maximum Gasteiger partial charge on any atom is 0.0599 e. The summed E-state index contributed by atoms with van der Waals surface area (Å²) < 4.78 is 0. The molecule has 16 heavy (non-hydrogen) atoms. The predicted octanol–water partition coefficient (Wildman–Crippen LogP) is 2.31. The van der Waals surface area contributed by atoms with E-state index in [1.54, 1.807) is 0 Å². The molecule has 0 spiro atoms.